The van der Waals surface area contributed by atoms with E-state index in [-0.39, 0.29) is 67.2 Å². The van der Waals surface area contributed by atoms with Gasteiger partial charge in [-0.05, 0) is 65.2 Å². The number of esters is 1. The Labute approximate surface area is 375 Å². The van der Waals surface area contributed by atoms with Crippen LogP contribution in [0.1, 0.15) is 71.6 Å². The topological polar surface area (TPSA) is 277 Å². The van der Waals surface area contributed by atoms with Gasteiger partial charge in [-0.2, -0.15) is 0 Å². The van der Waals surface area contributed by atoms with Crippen molar-refractivity contribution in [1.82, 2.24) is 5.32 Å². The number of nitrogens with one attached hydrogen (secondary N) is 2. The number of carbonyl (C=O) groups excluding carboxylic acids is 1. The Morgan fingerprint density at radius 1 is 1.10 bits per heavy atom. The second kappa shape index (κ2) is 23.0. The molecule has 2 saturated carbocycles. The molecule has 2 aliphatic carbocycles. The number of ether oxygens (including phenoxy) is 5. The van der Waals surface area contributed by atoms with Gasteiger partial charge in [0.25, 0.3) is 0 Å². The predicted octanol–water partition coefficient (Wildman–Crippen LogP) is 0.351. The number of fused-ring (bicyclic) bond motifs is 4. The summed E-state index contributed by atoms with van der Waals surface area (Å²) in [7, 11) is 3.21. The third-order valence-corrected chi connectivity index (χ3v) is 14.9. The van der Waals surface area contributed by atoms with Crippen LogP contribution in [0.3, 0.4) is 0 Å². The first-order valence-electron chi connectivity index (χ1n) is 22.0. The lowest BCUT2D eigenvalue weighted by Gasteiger charge is -2.48. The maximum absolute atomic E-state index is 14.5. The molecule has 6 rings (SSSR count). The standard InChI is InChI=1S/C43H64N4O14S2/c1-24(2)58-37-41(60-34(20-50)36(51)43(37,55)56)61-40-30(16-25-8-4-3-5-9-25)29-13-12-26-17-47(18-31(38(52)53)35(26)46-42(44)45-14-7-15-48)28(19-49)23-63-62-22-27-10-6-11-33(27)59-39(54)32(29)21-57-40/h12-13,16,18,21,24,27-30,33-34,36-37,40-41,48-51,55-56H,3-11,14-15,17,19-20,22-23H2,1-2H3,(H,52,53)(H3,44,45,46)/p+1/b13-12+/t27-,28+,29-,30+,33-,34+,36+,37-,40-,41-/m0/s1. The molecule has 0 aromatic carbocycles. The molecule has 0 radical (unpaired) electrons. The highest BCUT2D eigenvalue weighted by molar-refractivity contribution is 8.76. The highest BCUT2D eigenvalue weighted by Gasteiger charge is 2.58. The molecule has 4 heterocycles. The summed E-state index contributed by atoms with van der Waals surface area (Å²) < 4.78 is 31.0. The van der Waals surface area contributed by atoms with Crippen molar-refractivity contribution >= 4 is 39.5 Å². The average molecular weight is 926 g/mol. The van der Waals surface area contributed by atoms with E-state index in [0.29, 0.717) is 34.8 Å². The van der Waals surface area contributed by atoms with Crippen LogP contribution in [-0.2, 0) is 33.3 Å². The average Bonchev–Trinajstić information content (AvgIpc) is 3.70. The highest BCUT2D eigenvalue weighted by atomic mass is 33.1. The maximum atomic E-state index is 14.5. The number of aliphatic hydroxyl groups excluding tert-OH is 4. The lowest BCUT2D eigenvalue weighted by Crippen LogP contribution is -3.13. The zero-order valence-corrected chi connectivity index (χ0v) is 37.5. The van der Waals surface area contributed by atoms with E-state index in [4.69, 9.17) is 29.4 Å². The van der Waals surface area contributed by atoms with Gasteiger partial charge in [-0.1, -0.05) is 51.8 Å². The maximum Gasteiger partial charge on any atom is 0.343 e. The fourth-order valence-electron chi connectivity index (χ4n) is 8.91. The van der Waals surface area contributed by atoms with Crippen molar-refractivity contribution < 1.29 is 73.9 Å². The van der Waals surface area contributed by atoms with Crippen LogP contribution in [0.25, 0.3) is 0 Å². The first kappa shape index (κ1) is 49.4. The number of carbonyl (C=O) groups is 2. The molecule has 3 fully saturated rings. The van der Waals surface area contributed by atoms with E-state index in [1.165, 1.54) is 6.26 Å². The molecule has 1 unspecified atom stereocenters. The van der Waals surface area contributed by atoms with Crippen LogP contribution in [0, 0.1) is 17.8 Å². The molecule has 1 saturated heterocycles. The van der Waals surface area contributed by atoms with Crippen LogP contribution in [-0.4, -0.2) is 153 Å². The molecule has 0 spiro atoms. The van der Waals surface area contributed by atoms with Gasteiger partial charge in [-0.3, -0.25) is 9.89 Å². The molecule has 0 amide bonds. The number of hydrogen-bond donors (Lipinski definition) is 10. The molecule has 2 bridgehead atoms. The van der Waals surface area contributed by atoms with Crippen LogP contribution in [0.4, 0.5) is 0 Å². The zero-order chi connectivity index (χ0) is 45.3. The highest BCUT2D eigenvalue weighted by Crippen LogP contribution is 2.42. The number of aliphatic hydroxyl groups is 6. The van der Waals surface area contributed by atoms with Gasteiger partial charge in [-0.15, -0.1) is 0 Å². The summed E-state index contributed by atoms with van der Waals surface area (Å²) in [6, 6.07) is -0.384. The van der Waals surface area contributed by atoms with E-state index in [0.717, 1.165) is 50.5 Å². The monoisotopic (exact) mass is 925 g/mol. The van der Waals surface area contributed by atoms with Crippen LogP contribution in [0.5, 0.6) is 0 Å². The first-order valence-corrected chi connectivity index (χ1v) is 24.5. The summed E-state index contributed by atoms with van der Waals surface area (Å²) in [5.41, 5.74) is 8.10. The van der Waals surface area contributed by atoms with E-state index < -0.39 is 73.2 Å². The van der Waals surface area contributed by atoms with Gasteiger partial charge < -0.3 is 70.5 Å². The molecule has 352 valence electrons. The smallest absolute Gasteiger partial charge is 0.343 e. The van der Waals surface area contributed by atoms with Crippen LogP contribution in [0.15, 0.2) is 63.7 Å². The Hall–Kier alpha value is -2.99. The summed E-state index contributed by atoms with van der Waals surface area (Å²) in [6.45, 7) is 2.62. The minimum absolute atomic E-state index is 0.0664. The number of rotatable bonds is 12. The lowest BCUT2D eigenvalue weighted by molar-refractivity contribution is -0.867. The summed E-state index contributed by atoms with van der Waals surface area (Å²) in [5, 5.41) is 77.0. The molecule has 4 aliphatic heterocycles. The van der Waals surface area contributed by atoms with Crippen molar-refractivity contribution in [1.29, 1.82) is 0 Å². The van der Waals surface area contributed by atoms with E-state index in [9.17, 15) is 45.3 Å². The van der Waals surface area contributed by atoms with Crippen molar-refractivity contribution in [2.24, 2.45) is 28.5 Å². The normalized spacial score (nSPS) is 34.8. The third kappa shape index (κ3) is 12.3. The SMILES string of the molecule is CC(C)O[C@H]1[C@H](O[C@@H]2OC=C3C(=O)O[C@H]4CCC[C@H]4CSSC[C@@H](CO)[NH+]4C=C(C(=O)O)C(NC(N)=NCCCO)=C(/C=C/[C@H]3[C@H]2C=C2CCCCC2)C4)O[C@H](CO)[C@@H](O)C1(O)O. The number of nitrogens with zero attached hydrogens (tertiary/aromatic N) is 1. The number of nitrogens with two attached hydrogens (primary N) is 1. The largest absolute Gasteiger partial charge is 0.477 e. The fraction of sp³-hybridized carbons (Fsp3) is 0.698. The van der Waals surface area contributed by atoms with Gasteiger partial charge in [-0.25, -0.2) is 9.59 Å². The Bertz CT molecular complexity index is 1780. The Morgan fingerprint density at radius 2 is 1.86 bits per heavy atom. The van der Waals surface area contributed by atoms with E-state index >= 15 is 0 Å². The van der Waals surface area contributed by atoms with Crippen LogP contribution >= 0.6 is 21.6 Å². The Morgan fingerprint density at radius 3 is 2.56 bits per heavy atom. The van der Waals surface area contributed by atoms with Gasteiger partial charge in [0.05, 0.1) is 48.5 Å². The number of allylic oxidation sites excluding steroid dienone is 2. The number of aliphatic carboxylic acids is 1. The van der Waals surface area contributed by atoms with Gasteiger partial charge in [0.2, 0.25) is 12.1 Å². The van der Waals surface area contributed by atoms with Crippen molar-refractivity contribution in [3.8, 4) is 0 Å². The predicted molar refractivity (Wildman–Crippen MR) is 233 cm³/mol. The second-order valence-corrected chi connectivity index (χ2v) is 19.7. The number of aliphatic imine (C=N–C) groups is 1. The number of carboxylic acid groups (broad SMARTS) is 1. The lowest BCUT2D eigenvalue weighted by atomic mass is 9.80. The Balaban J connectivity index is 1.49. The fourth-order valence-corrected chi connectivity index (χ4v) is 11.7. The number of carboxylic acids is 1. The van der Waals surface area contributed by atoms with Crippen LogP contribution < -0.4 is 16.0 Å². The third-order valence-electron chi connectivity index (χ3n) is 12.3. The summed E-state index contributed by atoms with van der Waals surface area (Å²) >= 11 is 0. The first-order chi connectivity index (χ1) is 30.2. The van der Waals surface area contributed by atoms with E-state index in [1.807, 2.05) is 6.08 Å². The zero-order valence-electron chi connectivity index (χ0n) is 35.9. The molecule has 11 N–H and O–H groups in total. The van der Waals surface area contributed by atoms with Gasteiger partial charge in [0.1, 0.15) is 42.7 Å². The molecular formula is C43H65N4O14S2+. The van der Waals surface area contributed by atoms with Crippen LogP contribution in [0.2, 0.25) is 0 Å². The van der Waals surface area contributed by atoms with E-state index in [1.54, 1.807) is 53.8 Å². The molecule has 18 nitrogen and oxygen atoms in total. The molecule has 63 heavy (non-hydrogen) atoms. The molecule has 6 aliphatic rings. The molecular weight excluding hydrogens is 861 g/mol. The van der Waals surface area contributed by atoms with Gasteiger partial charge >= 0.3 is 11.9 Å². The molecule has 0 aromatic heterocycles. The molecule has 0 aromatic rings. The van der Waals surface area contributed by atoms with Gasteiger partial charge in [0.15, 0.2) is 18.4 Å². The van der Waals surface area contributed by atoms with Crippen molar-refractivity contribution in [3.63, 3.8) is 0 Å². The van der Waals surface area contributed by atoms with Crippen molar-refractivity contribution in [3.05, 3.63) is 58.7 Å². The summed E-state index contributed by atoms with van der Waals surface area (Å²) in [6.07, 6.45) is 6.76. The molecule has 20 heteroatoms. The number of guanidine groups is 1. The minimum Gasteiger partial charge on any atom is -0.477 e. The number of hydrogen-bond acceptors (Lipinski definition) is 16. The summed E-state index contributed by atoms with van der Waals surface area (Å²) in [4.78, 5) is 32.5. The second-order valence-electron chi connectivity index (χ2n) is 17.2. The minimum atomic E-state index is -2.91. The number of quaternary nitrogens is 1. The molecule has 11 atom stereocenters. The Kier molecular flexibility index (Phi) is 18.0. The van der Waals surface area contributed by atoms with Gasteiger partial charge in [0, 0.05) is 36.3 Å². The summed E-state index contributed by atoms with van der Waals surface area (Å²) in [5.74, 6) is -5.16. The van der Waals surface area contributed by atoms with Crippen molar-refractivity contribution in [2.45, 2.75) is 127 Å². The van der Waals surface area contributed by atoms with Crippen molar-refractivity contribution in [2.75, 3.05) is 44.4 Å². The van der Waals surface area contributed by atoms with E-state index in [2.05, 4.69) is 10.3 Å². The quantitative estimate of drug-likeness (QED) is 0.0241.